The van der Waals surface area contributed by atoms with E-state index in [1.807, 2.05) is 13.8 Å². The number of carbonyl (C=O) groups excluding carboxylic acids is 2. The van der Waals surface area contributed by atoms with Crippen molar-refractivity contribution in [3.63, 3.8) is 0 Å². The van der Waals surface area contributed by atoms with E-state index >= 15 is 0 Å². The number of nitrogens with one attached hydrogen (secondary N) is 2. The monoisotopic (exact) mass is 227 g/mol. The first-order chi connectivity index (χ1) is 7.52. The van der Waals surface area contributed by atoms with Crippen LogP contribution in [0.15, 0.2) is 0 Å². The van der Waals surface area contributed by atoms with E-state index in [1.165, 1.54) is 0 Å². The van der Waals surface area contributed by atoms with Crippen LogP contribution in [0.3, 0.4) is 0 Å². The number of nitrogens with two attached hydrogens (primary N) is 1. The Hall–Kier alpha value is -1.10. The predicted molar refractivity (Wildman–Crippen MR) is 61.7 cm³/mol. The lowest BCUT2D eigenvalue weighted by atomic mass is 10.1. The van der Waals surface area contributed by atoms with Crippen LogP contribution in [0.1, 0.15) is 39.5 Å². The van der Waals surface area contributed by atoms with Crippen molar-refractivity contribution in [1.82, 2.24) is 10.6 Å². The van der Waals surface area contributed by atoms with Crippen LogP contribution in [0.25, 0.3) is 0 Å². The van der Waals surface area contributed by atoms with Gasteiger partial charge in [0.15, 0.2) is 0 Å². The van der Waals surface area contributed by atoms with E-state index in [1.54, 1.807) is 0 Å². The molecule has 1 aliphatic rings. The van der Waals surface area contributed by atoms with Gasteiger partial charge in [0.1, 0.15) is 0 Å². The summed E-state index contributed by atoms with van der Waals surface area (Å²) in [5.74, 6) is -0.562. The van der Waals surface area contributed by atoms with Gasteiger partial charge in [0.25, 0.3) is 0 Å². The highest BCUT2D eigenvalue weighted by Gasteiger charge is 2.26. The van der Waals surface area contributed by atoms with E-state index in [2.05, 4.69) is 10.6 Å². The average molecular weight is 227 g/mol. The van der Waals surface area contributed by atoms with Gasteiger partial charge < -0.3 is 16.4 Å². The maximum atomic E-state index is 11.5. The second kappa shape index (κ2) is 5.84. The molecule has 0 aromatic rings. The Morgan fingerprint density at radius 2 is 2.06 bits per heavy atom. The zero-order valence-corrected chi connectivity index (χ0v) is 9.95. The van der Waals surface area contributed by atoms with Crippen molar-refractivity contribution in [2.45, 2.75) is 57.7 Å². The smallest absolute Gasteiger partial charge is 0.235 e. The molecule has 5 nitrogen and oxygen atoms in total. The highest BCUT2D eigenvalue weighted by molar-refractivity contribution is 5.87. The Morgan fingerprint density at radius 3 is 2.50 bits per heavy atom. The Balaban J connectivity index is 2.36. The third kappa shape index (κ3) is 4.61. The zero-order valence-electron chi connectivity index (χ0n) is 9.95. The third-order valence-corrected chi connectivity index (χ3v) is 2.77. The minimum Gasteiger partial charge on any atom is -0.368 e. The molecule has 0 saturated heterocycles. The average Bonchev–Trinajstić information content (AvgIpc) is 3.00. The molecule has 0 radical (unpaired) electrons. The fourth-order valence-electron chi connectivity index (χ4n) is 1.40. The first-order valence-electron chi connectivity index (χ1n) is 5.87. The van der Waals surface area contributed by atoms with Gasteiger partial charge >= 0.3 is 0 Å². The second-order valence-electron chi connectivity index (χ2n) is 4.48. The van der Waals surface area contributed by atoms with Crippen LogP contribution in [-0.2, 0) is 9.59 Å². The molecule has 0 heterocycles. The number of hydrogen-bond acceptors (Lipinski definition) is 3. The third-order valence-electron chi connectivity index (χ3n) is 2.77. The number of carbonyl (C=O) groups is 2. The lowest BCUT2D eigenvalue weighted by Crippen LogP contribution is -2.48. The lowest BCUT2D eigenvalue weighted by Gasteiger charge is -2.19. The summed E-state index contributed by atoms with van der Waals surface area (Å²) in [6.07, 6.45) is 3.13. The lowest BCUT2D eigenvalue weighted by molar-refractivity contribution is -0.127. The van der Waals surface area contributed by atoms with Crippen LogP contribution in [0.2, 0.25) is 0 Å². The van der Waals surface area contributed by atoms with Crippen LogP contribution in [-0.4, -0.2) is 29.9 Å². The molecule has 0 aromatic heterocycles. The highest BCUT2D eigenvalue weighted by atomic mass is 16.2. The van der Waals surface area contributed by atoms with Crippen molar-refractivity contribution < 1.29 is 9.59 Å². The van der Waals surface area contributed by atoms with Crippen LogP contribution in [0.5, 0.6) is 0 Å². The van der Waals surface area contributed by atoms with Crippen molar-refractivity contribution in [2.75, 3.05) is 0 Å². The zero-order chi connectivity index (χ0) is 12.1. The van der Waals surface area contributed by atoms with Gasteiger partial charge in [-0.1, -0.05) is 6.92 Å². The molecule has 2 unspecified atom stereocenters. The molecule has 2 amide bonds. The molecule has 92 valence electrons. The van der Waals surface area contributed by atoms with Crippen LogP contribution in [0, 0.1) is 0 Å². The molecule has 1 aliphatic carbocycles. The summed E-state index contributed by atoms with van der Waals surface area (Å²) < 4.78 is 0. The van der Waals surface area contributed by atoms with E-state index in [0.29, 0.717) is 6.04 Å². The van der Waals surface area contributed by atoms with Crippen molar-refractivity contribution in [1.29, 1.82) is 0 Å². The molecule has 1 saturated carbocycles. The van der Waals surface area contributed by atoms with Gasteiger partial charge in [0.05, 0.1) is 12.5 Å². The van der Waals surface area contributed by atoms with Crippen molar-refractivity contribution >= 4 is 11.8 Å². The van der Waals surface area contributed by atoms with Crippen LogP contribution < -0.4 is 16.4 Å². The van der Waals surface area contributed by atoms with E-state index < -0.39 is 11.9 Å². The van der Waals surface area contributed by atoms with Gasteiger partial charge in [0.2, 0.25) is 11.8 Å². The molecule has 1 rings (SSSR count). The van der Waals surface area contributed by atoms with Gasteiger partial charge in [-0.25, -0.2) is 0 Å². The molecule has 16 heavy (non-hydrogen) atoms. The Kier molecular flexibility index (Phi) is 4.73. The highest BCUT2D eigenvalue weighted by Crippen LogP contribution is 2.18. The van der Waals surface area contributed by atoms with Gasteiger partial charge in [-0.3, -0.25) is 9.59 Å². The largest absolute Gasteiger partial charge is 0.368 e. The van der Waals surface area contributed by atoms with E-state index in [0.717, 1.165) is 19.3 Å². The van der Waals surface area contributed by atoms with Gasteiger partial charge in [0, 0.05) is 12.1 Å². The molecule has 0 aromatic carbocycles. The van der Waals surface area contributed by atoms with Crippen molar-refractivity contribution in [2.24, 2.45) is 5.73 Å². The standard InChI is InChI=1S/C11H21N3O2/c1-3-7(2)13-9(11(12)16)6-10(15)14-8-4-5-8/h7-9,13H,3-6H2,1-2H3,(H2,12,16)(H,14,15). The van der Waals surface area contributed by atoms with Crippen LogP contribution in [0.4, 0.5) is 0 Å². The topological polar surface area (TPSA) is 84.2 Å². The Morgan fingerprint density at radius 1 is 1.44 bits per heavy atom. The molecule has 1 fully saturated rings. The van der Waals surface area contributed by atoms with Crippen LogP contribution >= 0.6 is 0 Å². The van der Waals surface area contributed by atoms with Gasteiger partial charge in [-0.05, 0) is 26.2 Å². The van der Waals surface area contributed by atoms with Gasteiger partial charge in [-0.2, -0.15) is 0 Å². The Labute approximate surface area is 96.1 Å². The van der Waals surface area contributed by atoms with E-state index in [9.17, 15) is 9.59 Å². The molecule has 0 aliphatic heterocycles. The quantitative estimate of drug-likeness (QED) is 0.567. The number of amides is 2. The molecule has 0 spiro atoms. The number of primary amides is 1. The number of hydrogen-bond donors (Lipinski definition) is 3. The fourth-order valence-corrected chi connectivity index (χ4v) is 1.40. The summed E-state index contributed by atoms with van der Waals surface area (Å²) in [5, 5.41) is 5.90. The first-order valence-corrected chi connectivity index (χ1v) is 5.87. The summed E-state index contributed by atoms with van der Waals surface area (Å²) in [5.41, 5.74) is 5.25. The predicted octanol–water partition coefficient (Wildman–Crippen LogP) is -0.103. The summed E-state index contributed by atoms with van der Waals surface area (Å²) in [4.78, 5) is 22.7. The maximum absolute atomic E-state index is 11.5. The summed E-state index contributed by atoms with van der Waals surface area (Å²) in [7, 11) is 0. The molecule has 4 N–H and O–H groups in total. The summed E-state index contributed by atoms with van der Waals surface area (Å²) in [6, 6.07) is -0.0513. The Bertz CT molecular complexity index is 264. The van der Waals surface area contributed by atoms with Crippen molar-refractivity contribution in [3.05, 3.63) is 0 Å². The normalized spacial score (nSPS) is 18.9. The molecule has 2 atom stereocenters. The minimum atomic E-state index is -0.561. The van der Waals surface area contributed by atoms with Crippen molar-refractivity contribution in [3.8, 4) is 0 Å². The SMILES string of the molecule is CCC(C)NC(CC(=O)NC1CC1)C(N)=O. The molecular formula is C11H21N3O2. The molecule has 5 heteroatoms. The summed E-state index contributed by atoms with van der Waals surface area (Å²) in [6.45, 7) is 3.98. The second-order valence-corrected chi connectivity index (χ2v) is 4.48. The first kappa shape index (κ1) is 13.0. The maximum Gasteiger partial charge on any atom is 0.235 e. The minimum absolute atomic E-state index is 0.0953. The summed E-state index contributed by atoms with van der Waals surface area (Å²) >= 11 is 0. The molecular weight excluding hydrogens is 206 g/mol. The fraction of sp³-hybridized carbons (Fsp3) is 0.818. The van der Waals surface area contributed by atoms with Gasteiger partial charge in [-0.15, -0.1) is 0 Å². The van der Waals surface area contributed by atoms with E-state index in [4.69, 9.17) is 5.73 Å². The van der Waals surface area contributed by atoms with E-state index in [-0.39, 0.29) is 18.4 Å². The molecule has 0 bridgehead atoms. The number of rotatable bonds is 7.